The van der Waals surface area contributed by atoms with Crippen molar-refractivity contribution in [2.24, 2.45) is 0 Å². The molecule has 1 heterocycles. The highest BCUT2D eigenvalue weighted by Crippen LogP contribution is 2.24. The van der Waals surface area contributed by atoms with Gasteiger partial charge in [0.15, 0.2) is 0 Å². The van der Waals surface area contributed by atoms with E-state index in [9.17, 15) is 0 Å². The van der Waals surface area contributed by atoms with Crippen LogP contribution in [0.5, 0.6) is 5.75 Å². The minimum Gasteiger partial charge on any atom is -0.488 e. The van der Waals surface area contributed by atoms with Crippen LogP contribution in [0.2, 0.25) is 0 Å². The quantitative estimate of drug-likeness (QED) is 0.838. The van der Waals surface area contributed by atoms with Crippen LogP contribution in [0.4, 0.5) is 0 Å². The van der Waals surface area contributed by atoms with Crippen molar-refractivity contribution in [1.29, 1.82) is 0 Å². The third-order valence-electron chi connectivity index (χ3n) is 3.15. The fraction of sp³-hybridized carbons (Fsp3) is 0.412. The van der Waals surface area contributed by atoms with Crippen LogP contribution in [0.15, 0.2) is 39.4 Å². The number of halogens is 1. The molecule has 0 aliphatic rings. The Labute approximate surface area is 134 Å². The Morgan fingerprint density at radius 1 is 1.24 bits per heavy atom. The molecule has 0 saturated carbocycles. The molecule has 0 bridgehead atoms. The average molecular weight is 352 g/mol. The van der Waals surface area contributed by atoms with Crippen molar-refractivity contribution in [3.8, 4) is 5.75 Å². The normalized spacial score (nSPS) is 11.7. The number of nitrogens with one attached hydrogen (secondary N) is 1. The molecule has 0 radical (unpaired) electrons. The minimum absolute atomic E-state index is 0.0613. The van der Waals surface area contributed by atoms with Gasteiger partial charge >= 0.3 is 0 Å². The molecule has 114 valence electrons. The van der Waals surface area contributed by atoms with Crippen LogP contribution >= 0.6 is 15.9 Å². The van der Waals surface area contributed by atoms with Crippen LogP contribution in [0.1, 0.15) is 37.7 Å². The van der Waals surface area contributed by atoms with E-state index >= 15 is 0 Å². The summed E-state index contributed by atoms with van der Waals surface area (Å²) in [6, 6.07) is 8.01. The smallest absolute Gasteiger partial charge is 0.124 e. The van der Waals surface area contributed by atoms with E-state index in [4.69, 9.17) is 9.15 Å². The van der Waals surface area contributed by atoms with E-state index in [1.807, 2.05) is 31.2 Å². The Morgan fingerprint density at radius 2 is 2.00 bits per heavy atom. The first-order chi connectivity index (χ1) is 9.85. The van der Waals surface area contributed by atoms with E-state index in [0.717, 1.165) is 27.1 Å². The standard InChI is InChI=1S/C17H22BrNO2/c1-12-5-6-14(18)9-15(12)21-11-13-7-8-20-16(13)10-19-17(2,3)4/h5-9,19H,10-11H2,1-4H3. The van der Waals surface area contributed by atoms with Crippen molar-refractivity contribution >= 4 is 15.9 Å². The van der Waals surface area contributed by atoms with Gasteiger partial charge in [0.2, 0.25) is 0 Å². The van der Waals surface area contributed by atoms with Crippen LogP contribution in [-0.2, 0) is 13.2 Å². The third-order valence-corrected chi connectivity index (χ3v) is 3.64. The molecule has 0 amide bonds. The molecular formula is C17H22BrNO2. The Morgan fingerprint density at radius 3 is 2.71 bits per heavy atom. The predicted octanol–water partition coefficient (Wildman–Crippen LogP) is 4.82. The lowest BCUT2D eigenvalue weighted by Gasteiger charge is -2.20. The van der Waals surface area contributed by atoms with Crippen LogP contribution in [0, 0.1) is 6.92 Å². The maximum Gasteiger partial charge on any atom is 0.124 e. The van der Waals surface area contributed by atoms with Gasteiger partial charge in [-0.15, -0.1) is 0 Å². The van der Waals surface area contributed by atoms with Gasteiger partial charge in [0.05, 0.1) is 12.8 Å². The molecule has 1 N–H and O–H groups in total. The van der Waals surface area contributed by atoms with Crippen LogP contribution in [0.3, 0.4) is 0 Å². The maximum atomic E-state index is 5.92. The summed E-state index contributed by atoms with van der Waals surface area (Å²) in [7, 11) is 0. The molecule has 0 aliphatic carbocycles. The third kappa shape index (κ3) is 4.90. The fourth-order valence-corrected chi connectivity index (χ4v) is 2.22. The van der Waals surface area contributed by atoms with Crippen molar-refractivity contribution < 1.29 is 9.15 Å². The van der Waals surface area contributed by atoms with Crippen LogP contribution < -0.4 is 10.1 Å². The number of ether oxygens (including phenoxy) is 1. The molecule has 0 aliphatic heterocycles. The SMILES string of the molecule is Cc1ccc(Br)cc1OCc1ccoc1CNC(C)(C)C. The van der Waals surface area contributed by atoms with Crippen molar-refractivity contribution in [2.75, 3.05) is 0 Å². The molecule has 0 fully saturated rings. The zero-order valence-electron chi connectivity index (χ0n) is 13.0. The van der Waals surface area contributed by atoms with E-state index in [0.29, 0.717) is 13.2 Å². The monoisotopic (exact) mass is 351 g/mol. The lowest BCUT2D eigenvalue weighted by molar-refractivity contribution is 0.297. The lowest BCUT2D eigenvalue weighted by atomic mass is 10.1. The van der Waals surface area contributed by atoms with Gasteiger partial charge in [-0.25, -0.2) is 0 Å². The van der Waals surface area contributed by atoms with Gasteiger partial charge in [-0.1, -0.05) is 22.0 Å². The first-order valence-corrected chi connectivity index (χ1v) is 7.84. The van der Waals surface area contributed by atoms with Crippen molar-refractivity contribution in [3.05, 3.63) is 51.9 Å². The molecule has 2 rings (SSSR count). The van der Waals surface area contributed by atoms with Gasteiger partial charge in [-0.3, -0.25) is 0 Å². The maximum absolute atomic E-state index is 5.92. The molecule has 0 saturated heterocycles. The number of hydrogen-bond acceptors (Lipinski definition) is 3. The first kappa shape index (κ1) is 16.1. The summed E-state index contributed by atoms with van der Waals surface area (Å²) in [6.07, 6.45) is 1.71. The second kappa shape index (κ2) is 6.67. The zero-order chi connectivity index (χ0) is 15.5. The lowest BCUT2D eigenvalue weighted by Crippen LogP contribution is -2.35. The number of hydrogen-bond donors (Lipinski definition) is 1. The summed E-state index contributed by atoms with van der Waals surface area (Å²) in [4.78, 5) is 0. The zero-order valence-corrected chi connectivity index (χ0v) is 14.6. The largest absolute Gasteiger partial charge is 0.488 e. The van der Waals surface area contributed by atoms with Gasteiger partial charge < -0.3 is 14.5 Å². The molecule has 4 heteroatoms. The summed E-state index contributed by atoms with van der Waals surface area (Å²) >= 11 is 3.47. The highest BCUT2D eigenvalue weighted by Gasteiger charge is 2.13. The second-order valence-corrected chi connectivity index (χ2v) is 7.09. The number of aryl methyl sites for hydroxylation is 1. The van der Waals surface area contributed by atoms with Crippen LogP contribution in [0.25, 0.3) is 0 Å². The Hall–Kier alpha value is -1.26. The van der Waals surface area contributed by atoms with Crippen LogP contribution in [-0.4, -0.2) is 5.54 Å². The van der Waals surface area contributed by atoms with E-state index in [1.54, 1.807) is 6.26 Å². The Balaban J connectivity index is 2.01. The molecule has 21 heavy (non-hydrogen) atoms. The van der Waals surface area contributed by atoms with Gasteiger partial charge in [0.25, 0.3) is 0 Å². The summed E-state index contributed by atoms with van der Waals surface area (Å²) in [6.45, 7) is 9.66. The topological polar surface area (TPSA) is 34.4 Å². The summed E-state index contributed by atoms with van der Waals surface area (Å²) in [5.41, 5.74) is 2.26. The van der Waals surface area contributed by atoms with Gasteiger partial charge in [-0.05, 0) is 51.5 Å². The number of benzene rings is 1. The molecule has 1 aromatic carbocycles. The summed E-state index contributed by atoms with van der Waals surface area (Å²) in [5, 5.41) is 3.43. The first-order valence-electron chi connectivity index (χ1n) is 7.04. The van der Waals surface area contributed by atoms with Gasteiger partial charge in [-0.2, -0.15) is 0 Å². The molecule has 0 spiro atoms. The molecule has 0 atom stereocenters. The predicted molar refractivity (Wildman–Crippen MR) is 88.5 cm³/mol. The van der Waals surface area contributed by atoms with Gasteiger partial charge in [0.1, 0.15) is 18.1 Å². The summed E-state index contributed by atoms with van der Waals surface area (Å²) in [5.74, 6) is 1.82. The Bertz CT molecular complexity index is 599. The van der Waals surface area contributed by atoms with Gasteiger partial charge in [0, 0.05) is 15.6 Å². The molecule has 1 aromatic heterocycles. The minimum atomic E-state index is 0.0613. The average Bonchev–Trinajstić information content (AvgIpc) is 2.84. The van der Waals surface area contributed by atoms with Crippen molar-refractivity contribution in [2.45, 2.75) is 46.4 Å². The van der Waals surface area contributed by atoms with Crippen molar-refractivity contribution in [1.82, 2.24) is 5.32 Å². The van der Waals surface area contributed by atoms with E-state index in [1.165, 1.54) is 0 Å². The van der Waals surface area contributed by atoms with E-state index in [2.05, 4.69) is 42.0 Å². The number of rotatable bonds is 5. The number of furan rings is 1. The van der Waals surface area contributed by atoms with Crippen molar-refractivity contribution in [3.63, 3.8) is 0 Å². The molecule has 0 unspecified atom stereocenters. The highest BCUT2D eigenvalue weighted by molar-refractivity contribution is 9.10. The van der Waals surface area contributed by atoms with E-state index < -0.39 is 0 Å². The fourth-order valence-electron chi connectivity index (χ4n) is 1.88. The molecule has 2 aromatic rings. The second-order valence-electron chi connectivity index (χ2n) is 6.17. The Kier molecular flexibility index (Phi) is 5.12. The van der Waals surface area contributed by atoms with E-state index in [-0.39, 0.29) is 5.54 Å². The molecular weight excluding hydrogens is 330 g/mol. The highest BCUT2D eigenvalue weighted by atomic mass is 79.9. The molecule has 3 nitrogen and oxygen atoms in total. The summed E-state index contributed by atoms with van der Waals surface area (Å²) < 4.78 is 12.5.